The number of amides is 1. The van der Waals surface area contributed by atoms with Crippen LogP contribution in [0.1, 0.15) is 27.2 Å². The van der Waals surface area contributed by atoms with Crippen molar-refractivity contribution in [2.45, 2.75) is 19.2 Å². The zero-order chi connectivity index (χ0) is 19.4. The zero-order valence-corrected chi connectivity index (χ0v) is 16.6. The van der Waals surface area contributed by atoms with E-state index in [1.165, 1.54) is 17.7 Å². The number of carbonyl (C=O) groups is 1. The molecule has 0 fully saturated rings. The van der Waals surface area contributed by atoms with Gasteiger partial charge in [0.2, 0.25) is 0 Å². The largest absolute Gasteiger partial charge is 0.322 e. The average Bonchev–Trinajstić information content (AvgIpc) is 2.92. The molecule has 1 N–H and O–H groups in total. The molecule has 0 aliphatic carbocycles. The minimum atomic E-state index is -0.305. The first-order valence-electron chi connectivity index (χ1n) is 8.34. The molecule has 0 aliphatic rings. The van der Waals surface area contributed by atoms with Crippen LogP contribution in [-0.4, -0.2) is 21.9 Å². The van der Waals surface area contributed by atoms with Gasteiger partial charge in [0.05, 0.1) is 17.8 Å². The van der Waals surface area contributed by atoms with Crippen LogP contribution in [0.5, 0.6) is 0 Å². The first-order valence-corrected chi connectivity index (χ1v) is 10.1. The molecule has 1 amide bonds. The summed E-state index contributed by atoms with van der Waals surface area (Å²) in [5.74, 6) is 0.320. The summed E-state index contributed by atoms with van der Waals surface area (Å²) < 4.78 is 14.6. The molecule has 0 spiro atoms. The minimum Gasteiger partial charge on any atom is -0.322 e. The Morgan fingerprint density at radius 2 is 1.78 bits per heavy atom. The number of hydrogen-bond acceptors (Lipinski definition) is 3. The summed E-state index contributed by atoms with van der Waals surface area (Å²) in [6.07, 6.45) is 2.05. The molecule has 2 aromatic carbocycles. The Bertz CT molecular complexity index is 939. The van der Waals surface area contributed by atoms with Crippen molar-refractivity contribution in [1.29, 1.82) is 0 Å². The predicted octanol–water partition coefficient (Wildman–Crippen LogP) is 5.15. The SMILES string of the molecule is CSCc1ccc(NC(=O)c2c(C)nn(Cc3ccc(F)cc3)c2Cl)cc1. The number of aromatic nitrogens is 2. The standard InChI is InChI=1S/C20H19ClFN3OS/c1-13-18(20(26)23-17-9-5-15(6-10-17)12-27-2)19(21)25(24-13)11-14-3-7-16(22)8-4-14/h3-10H,11-12H2,1-2H3,(H,23,26). The predicted molar refractivity (Wildman–Crippen MR) is 109 cm³/mol. The van der Waals surface area contributed by atoms with Crippen LogP contribution in [0.15, 0.2) is 48.5 Å². The Morgan fingerprint density at radius 3 is 2.41 bits per heavy atom. The van der Waals surface area contributed by atoms with Crippen LogP contribution in [-0.2, 0) is 12.3 Å². The van der Waals surface area contributed by atoms with Crippen LogP contribution < -0.4 is 5.32 Å². The molecular formula is C20H19ClFN3OS. The fraction of sp³-hybridized carbons (Fsp3) is 0.200. The summed E-state index contributed by atoms with van der Waals surface area (Å²) in [4.78, 5) is 12.7. The molecule has 1 heterocycles. The Labute approximate surface area is 166 Å². The van der Waals surface area contributed by atoms with Gasteiger partial charge in [0.1, 0.15) is 11.0 Å². The van der Waals surface area contributed by atoms with Crippen molar-refractivity contribution >= 4 is 35.0 Å². The van der Waals surface area contributed by atoms with Gasteiger partial charge in [-0.05, 0) is 48.6 Å². The van der Waals surface area contributed by atoms with Gasteiger partial charge in [-0.2, -0.15) is 16.9 Å². The quantitative estimate of drug-likeness (QED) is 0.619. The summed E-state index contributed by atoms with van der Waals surface area (Å²) in [6.45, 7) is 2.10. The molecule has 0 unspecified atom stereocenters. The van der Waals surface area contributed by atoms with E-state index in [4.69, 9.17) is 11.6 Å². The van der Waals surface area contributed by atoms with Gasteiger partial charge in [0.15, 0.2) is 0 Å². The number of nitrogens with one attached hydrogen (secondary N) is 1. The van der Waals surface area contributed by atoms with E-state index in [1.54, 1.807) is 35.5 Å². The van der Waals surface area contributed by atoms with Crippen LogP contribution in [0.25, 0.3) is 0 Å². The fourth-order valence-corrected chi connectivity index (χ4v) is 3.57. The molecule has 0 aliphatic heterocycles. The lowest BCUT2D eigenvalue weighted by molar-refractivity contribution is 0.102. The van der Waals surface area contributed by atoms with E-state index in [-0.39, 0.29) is 16.9 Å². The van der Waals surface area contributed by atoms with E-state index < -0.39 is 0 Å². The van der Waals surface area contributed by atoms with E-state index in [0.29, 0.717) is 23.5 Å². The lowest BCUT2D eigenvalue weighted by Crippen LogP contribution is -2.13. The van der Waals surface area contributed by atoms with Crippen LogP contribution in [0, 0.1) is 12.7 Å². The number of anilines is 1. The highest BCUT2D eigenvalue weighted by Gasteiger charge is 2.20. The second-order valence-corrected chi connectivity index (χ2v) is 7.34. The van der Waals surface area contributed by atoms with Crippen LogP contribution in [0.2, 0.25) is 5.15 Å². The van der Waals surface area contributed by atoms with Crippen molar-refractivity contribution in [2.24, 2.45) is 0 Å². The Balaban J connectivity index is 1.76. The molecule has 4 nitrogen and oxygen atoms in total. The Kier molecular flexibility index (Phi) is 6.19. The van der Waals surface area contributed by atoms with Gasteiger partial charge in [-0.1, -0.05) is 35.9 Å². The van der Waals surface area contributed by atoms with E-state index >= 15 is 0 Å². The summed E-state index contributed by atoms with van der Waals surface area (Å²) >= 11 is 8.14. The van der Waals surface area contributed by atoms with E-state index in [1.807, 2.05) is 30.5 Å². The van der Waals surface area contributed by atoms with Crippen molar-refractivity contribution in [3.8, 4) is 0 Å². The van der Waals surface area contributed by atoms with Gasteiger partial charge in [0, 0.05) is 11.4 Å². The lowest BCUT2D eigenvalue weighted by Gasteiger charge is -2.07. The third-order valence-electron chi connectivity index (χ3n) is 4.06. The van der Waals surface area contributed by atoms with Gasteiger partial charge in [0.25, 0.3) is 5.91 Å². The van der Waals surface area contributed by atoms with Crippen LogP contribution in [0.3, 0.4) is 0 Å². The number of thioether (sulfide) groups is 1. The number of aryl methyl sites for hydroxylation is 1. The van der Waals surface area contributed by atoms with Crippen molar-refractivity contribution in [3.05, 3.63) is 81.9 Å². The molecule has 27 heavy (non-hydrogen) atoms. The summed E-state index contributed by atoms with van der Waals surface area (Å²) in [5.41, 5.74) is 3.62. The summed E-state index contributed by atoms with van der Waals surface area (Å²) in [6, 6.07) is 13.8. The molecule has 0 saturated carbocycles. The van der Waals surface area contributed by atoms with Crippen LogP contribution >= 0.6 is 23.4 Å². The highest BCUT2D eigenvalue weighted by atomic mass is 35.5. The summed E-state index contributed by atoms with van der Waals surface area (Å²) in [5, 5.41) is 7.47. The number of carbonyl (C=O) groups excluding carboxylic acids is 1. The molecule has 7 heteroatoms. The van der Waals surface area contributed by atoms with Gasteiger partial charge in [-0.25, -0.2) is 9.07 Å². The minimum absolute atomic E-state index is 0.258. The number of benzene rings is 2. The van der Waals surface area contributed by atoms with Crippen molar-refractivity contribution < 1.29 is 9.18 Å². The monoisotopic (exact) mass is 403 g/mol. The summed E-state index contributed by atoms with van der Waals surface area (Å²) in [7, 11) is 0. The smallest absolute Gasteiger partial charge is 0.260 e. The van der Waals surface area contributed by atoms with Gasteiger partial charge in [-0.15, -0.1) is 0 Å². The highest BCUT2D eigenvalue weighted by molar-refractivity contribution is 7.97. The molecular weight excluding hydrogens is 385 g/mol. The zero-order valence-electron chi connectivity index (χ0n) is 15.0. The molecule has 0 atom stereocenters. The molecule has 140 valence electrons. The first-order chi connectivity index (χ1) is 13.0. The maximum absolute atomic E-state index is 13.1. The normalized spacial score (nSPS) is 10.8. The fourth-order valence-electron chi connectivity index (χ4n) is 2.72. The van der Waals surface area contributed by atoms with E-state index in [0.717, 1.165) is 11.3 Å². The number of rotatable bonds is 6. The Morgan fingerprint density at radius 1 is 1.15 bits per heavy atom. The highest BCUT2D eigenvalue weighted by Crippen LogP contribution is 2.23. The third-order valence-corrected chi connectivity index (χ3v) is 5.07. The van der Waals surface area contributed by atoms with Gasteiger partial charge in [-0.3, -0.25) is 4.79 Å². The maximum Gasteiger partial charge on any atom is 0.260 e. The van der Waals surface area contributed by atoms with Gasteiger partial charge >= 0.3 is 0 Å². The van der Waals surface area contributed by atoms with Crippen molar-refractivity contribution in [2.75, 3.05) is 11.6 Å². The number of halogens is 2. The average molecular weight is 404 g/mol. The molecule has 0 radical (unpaired) electrons. The third kappa shape index (κ3) is 4.70. The van der Waals surface area contributed by atoms with Crippen LogP contribution in [0.4, 0.5) is 10.1 Å². The molecule has 0 bridgehead atoms. The molecule has 3 rings (SSSR count). The van der Waals surface area contributed by atoms with E-state index in [2.05, 4.69) is 10.4 Å². The Hall–Kier alpha value is -2.31. The van der Waals surface area contributed by atoms with E-state index in [9.17, 15) is 9.18 Å². The molecule has 3 aromatic rings. The molecule has 0 saturated heterocycles. The second-order valence-electron chi connectivity index (χ2n) is 6.12. The maximum atomic E-state index is 13.1. The second kappa shape index (κ2) is 8.59. The molecule has 1 aromatic heterocycles. The van der Waals surface area contributed by atoms with Crippen molar-refractivity contribution in [3.63, 3.8) is 0 Å². The lowest BCUT2D eigenvalue weighted by atomic mass is 10.2. The van der Waals surface area contributed by atoms with Crippen molar-refractivity contribution in [1.82, 2.24) is 9.78 Å². The number of hydrogen-bond donors (Lipinski definition) is 1. The topological polar surface area (TPSA) is 46.9 Å². The number of nitrogens with zero attached hydrogens (tertiary/aromatic N) is 2. The first kappa shape index (κ1) is 19.5. The van der Waals surface area contributed by atoms with Gasteiger partial charge < -0.3 is 5.32 Å².